The molecular formula is C23H20N2O4. The first-order valence-corrected chi connectivity index (χ1v) is 9.19. The molecule has 0 aliphatic carbocycles. The molecule has 0 saturated carbocycles. The van der Waals surface area contributed by atoms with E-state index in [1.807, 2.05) is 55.5 Å². The number of hydrogen-bond acceptors (Lipinski definition) is 5. The Morgan fingerprint density at radius 3 is 2.07 bits per heavy atom. The Morgan fingerprint density at radius 1 is 0.793 bits per heavy atom. The number of carbonyl (C=O) groups excluding carboxylic acids is 2. The zero-order valence-electron chi connectivity index (χ0n) is 16.1. The molecule has 1 aliphatic heterocycles. The Labute approximate surface area is 168 Å². The molecule has 2 amide bonds. The average Bonchev–Trinajstić information content (AvgIpc) is 2.95. The first kappa shape index (κ1) is 18.6. The number of rotatable bonds is 6. The third-order valence-electron chi connectivity index (χ3n) is 4.69. The molecule has 0 unspecified atom stereocenters. The summed E-state index contributed by atoms with van der Waals surface area (Å²) in [6, 6.07) is 20.3. The van der Waals surface area contributed by atoms with Crippen molar-refractivity contribution < 1.29 is 19.1 Å². The van der Waals surface area contributed by atoms with Crippen LogP contribution in [-0.2, 0) is 0 Å². The van der Waals surface area contributed by atoms with Gasteiger partial charge in [0.2, 0.25) is 0 Å². The van der Waals surface area contributed by atoms with E-state index >= 15 is 0 Å². The van der Waals surface area contributed by atoms with Gasteiger partial charge in [-0.05, 0) is 61.5 Å². The van der Waals surface area contributed by atoms with Crippen LogP contribution >= 0.6 is 0 Å². The van der Waals surface area contributed by atoms with Crippen molar-refractivity contribution in [1.29, 1.82) is 0 Å². The normalized spacial score (nSPS) is 12.7. The molecule has 1 aliphatic rings. The third kappa shape index (κ3) is 3.91. The summed E-state index contributed by atoms with van der Waals surface area (Å²) < 4.78 is 11.5. The zero-order chi connectivity index (χ0) is 20.4. The molecule has 0 spiro atoms. The molecule has 0 atom stereocenters. The maximum absolute atomic E-state index is 12.1. The standard InChI is InChI=1S/C23H20N2O4/c1-15-3-7-17(8-4-15)29-18-9-5-16(6-10-18)24-14-28-19-11-12-20-21(13-19)23(27)25(2)22(20)26/h3-13,24H,14H2,1-2H3. The fourth-order valence-electron chi connectivity index (χ4n) is 3.02. The molecule has 3 aromatic carbocycles. The number of benzene rings is 3. The molecule has 0 fully saturated rings. The number of amides is 2. The van der Waals surface area contributed by atoms with Crippen molar-refractivity contribution in [1.82, 2.24) is 4.90 Å². The minimum atomic E-state index is -0.312. The number of hydrogen-bond donors (Lipinski definition) is 1. The zero-order valence-corrected chi connectivity index (χ0v) is 16.1. The van der Waals surface area contributed by atoms with Gasteiger partial charge in [-0.15, -0.1) is 0 Å². The fourth-order valence-corrected chi connectivity index (χ4v) is 3.02. The van der Waals surface area contributed by atoms with E-state index in [0.717, 1.165) is 22.1 Å². The second-order valence-corrected chi connectivity index (χ2v) is 6.78. The highest BCUT2D eigenvalue weighted by molar-refractivity contribution is 6.21. The maximum atomic E-state index is 12.1. The molecule has 1 N–H and O–H groups in total. The summed E-state index contributed by atoms with van der Waals surface area (Å²) in [7, 11) is 1.47. The topological polar surface area (TPSA) is 67.9 Å². The van der Waals surface area contributed by atoms with Gasteiger partial charge >= 0.3 is 0 Å². The largest absolute Gasteiger partial charge is 0.473 e. The molecule has 6 nitrogen and oxygen atoms in total. The van der Waals surface area contributed by atoms with Crippen LogP contribution in [0.2, 0.25) is 0 Å². The first-order chi connectivity index (χ1) is 14.0. The third-order valence-corrected chi connectivity index (χ3v) is 4.69. The molecular weight excluding hydrogens is 368 g/mol. The summed E-state index contributed by atoms with van der Waals surface area (Å²) in [6.07, 6.45) is 0. The van der Waals surface area contributed by atoms with Crippen LogP contribution in [0.25, 0.3) is 0 Å². The van der Waals surface area contributed by atoms with Crippen molar-refractivity contribution in [2.24, 2.45) is 0 Å². The van der Waals surface area contributed by atoms with E-state index in [9.17, 15) is 9.59 Å². The smallest absolute Gasteiger partial charge is 0.261 e. The monoisotopic (exact) mass is 388 g/mol. The number of nitrogens with zero attached hydrogens (tertiary/aromatic N) is 1. The first-order valence-electron chi connectivity index (χ1n) is 9.19. The van der Waals surface area contributed by atoms with Gasteiger partial charge in [0.1, 0.15) is 17.2 Å². The second kappa shape index (κ2) is 7.67. The number of anilines is 1. The van der Waals surface area contributed by atoms with Crippen LogP contribution in [0.15, 0.2) is 66.7 Å². The van der Waals surface area contributed by atoms with Crippen molar-refractivity contribution in [3.63, 3.8) is 0 Å². The van der Waals surface area contributed by atoms with Gasteiger partial charge in [-0.25, -0.2) is 0 Å². The predicted octanol–water partition coefficient (Wildman–Crippen LogP) is 4.46. The molecule has 1 heterocycles. The Morgan fingerprint density at radius 2 is 1.38 bits per heavy atom. The second-order valence-electron chi connectivity index (χ2n) is 6.78. The molecule has 0 aromatic heterocycles. The van der Waals surface area contributed by atoms with Gasteiger partial charge in [-0.2, -0.15) is 0 Å². The Kier molecular flexibility index (Phi) is 4.91. The van der Waals surface area contributed by atoms with E-state index in [-0.39, 0.29) is 18.5 Å². The minimum Gasteiger partial charge on any atom is -0.473 e. The van der Waals surface area contributed by atoms with Crippen molar-refractivity contribution in [2.45, 2.75) is 6.92 Å². The van der Waals surface area contributed by atoms with Crippen molar-refractivity contribution >= 4 is 17.5 Å². The summed E-state index contributed by atoms with van der Waals surface area (Å²) in [6.45, 7) is 2.25. The van der Waals surface area contributed by atoms with Crippen LogP contribution in [0, 0.1) is 6.92 Å². The van der Waals surface area contributed by atoms with Crippen LogP contribution in [0.3, 0.4) is 0 Å². The number of aryl methyl sites for hydroxylation is 1. The minimum absolute atomic E-state index is 0.217. The van der Waals surface area contributed by atoms with E-state index in [1.54, 1.807) is 18.2 Å². The Balaban J connectivity index is 1.33. The highest BCUT2D eigenvalue weighted by atomic mass is 16.5. The number of nitrogens with one attached hydrogen (secondary N) is 1. The van der Waals surface area contributed by atoms with Gasteiger partial charge in [-0.3, -0.25) is 14.5 Å². The SMILES string of the molecule is Cc1ccc(Oc2ccc(NCOc3ccc4c(c3)C(=O)N(C)C4=O)cc2)cc1. The number of imide groups is 1. The predicted molar refractivity (Wildman–Crippen MR) is 110 cm³/mol. The highest BCUT2D eigenvalue weighted by Crippen LogP contribution is 2.26. The van der Waals surface area contributed by atoms with E-state index in [1.165, 1.54) is 12.6 Å². The van der Waals surface area contributed by atoms with Gasteiger partial charge < -0.3 is 14.8 Å². The molecule has 146 valence electrons. The lowest BCUT2D eigenvalue weighted by atomic mass is 10.1. The van der Waals surface area contributed by atoms with Gasteiger partial charge in [0.25, 0.3) is 11.8 Å². The van der Waals surface area contributed by atoms with Crippen LogP contribution in [0.4, 0.5) is 5.69 Å². The van der Waals surface area contributed by atoms with Crippen molar-refractivity contribution in [2.75, 3.05) is 19.1 Å². The molecule has 3 aromatic rings. The highest BCUT2D eigenvalue weighted by Gasteiger charge is 2.32. The van der Waals surface area contributed by atoms with Crippen LogP contribution < -0.4 is 14.8 Å². The van der Waals surface area contributed by atoms with E-state index in [0.29, 0.717) is 16.9 Å². The molecule has 4 rings (SSSR count). The fraction of sp³-hybridized carbons (Fsp3) is 0.130. The molecule has 0 saturated heterocycles. The lowest BCUT2D eigenvalue weighted by Crippen LogP contribution is -2.24. The van der Waals surface area contributed by atoms with Crippen LogP contribution in [0.5, 0.6) is 17.2 Å². The summed E-state index contributed by atoms with van der Waals surface area (Å²) in [5.41, 5.74) is 2.83. The van der Waals surface area contributed by atoms with Gasteiger partial charge in [0.05, 0.1) is 11.1 Å². The van der Waals surface area contributed by atoms with Gasteiger partial charge in [-0.1, -0.05) is 17.7 Å². The maximum Gasteiger partial charge on any atom is 0.261 e. The lowest BCUT2D eigenvalue weighted by Gasteiger charge is -2.11. The number of fused-ring (bicyclic) bond motifs is 1. The summed E-state index contributed by atoms with van der Waals surface area (Å²) in [5.74, 6) is 1.45. The van der Waals surface area contributed by atoms with Crippen molar-refractivity contribution in [3.8, 4) is 17.2 Å². The molecule has 6 heteroatoms. The van der Waals surface area contributed by atoms with E-state index in [4.69, 9.17) is 9.47 Å². The lowest BCUT2D eigenvalue weighted by molar-refractivity contribution is 0.0693. The van der Waals surface area contributed by atoms with Gasteiger partial charge in [0, 0.05) is 12.7 Å². The summed E-state index contributed by atoms with van der Waals surface area (Å²) >= 11 is 0. The number of carbonyl (C=O) groups is 2. The molecule has 29 heavy (non-hydrogen) atoms. The Hall–Kier alpha value is -3.80. The molecule has 0 bridgehead atoms. The molecule has 0 radical (unpaired) electrons. The van der Waals surface area contributed by atoms with Crippen LogP contribution in [0.1, 0.15) is 26.3 Å². The Bertz CT molecular complexity index is 1060. The average molecular weight is 388 g/mol. The van der Waals surface area contributed by atoms with E-state index < -0.39 is 0 Å². The summed E-state index contributed by atoms with van der Waals surface area (Å²) in [4.78, 5) is 25.1. The van der Waals surface area contributed by atoms with Gasteiger partial charge in [0.15, 0.2) is 6.73 Å². The summed E-state index contributed by atoms with van der Waals surface area (Å²) in [5, 5.41) is 3.15. The van der Waals surface area contributed by atoms with E-state index in [2.05, 4.69) is 5.32 Å². The van der Waals surface area contributed by atoms with Crippen molar-refractivity contribution in [3.05, 3.63) is 83.4 Å². The quantitative estimate of drug-likeness (QED) is 0.499. The van der Waals surface area contributed by atoms with Crippen LogP contribution in [-0.4, -0.2) is 30.5 Å². The number of ether oxygens (including phenoxy) is 2.